The number of H-pyrrole nitrogens is 2. The molecule has 0 aliphatic carbocycles. The molecule has 2 rings (SSSR count). The molecule has 0 fully saturated rings. The number of nitrogens with one attached hydrogen (secondary N) is 2. The van der Waals surface area contributed by atoms with Crippen molar-refractivity contribution in [2.75, 3.05) is 0 Å². The van der Waals surface area contributed by atoms with Crippen LogP contribution in [0.1, 0.15) is 0 Å². The summed E-state index contributed by atoms with van der Waals surface area (Å²) in [4.78, 5) is 33.1. The largest absolute Gasteiger partial charge is 0.492 e. The lowest BCUT2D eigenvalue weighted by molar-refractivity contribution is 0.452. The molecule has 3 N–H and O–H groups in total. The Balaban J connectivity index is 3.03. The first-order valence-electron chi connectivity index (χ1n) is 3.35. The highest BCUT2D eigenvalue weighted by Gasteiger charge is 2.03. The van der Waals surface area contributed by atoms with Crippen molar-refractivity contribution < 1.29 is 5.11 Å². The Labute approximate surface area is 70.1 Å². The third-order valence-electron chi connectivity index (χ3n) is 1.43. The van der Waals surface area contributed by atoms with Crippen molar-refractivity contribution in [2.45, 2.75) is 0 Å². The van der Waals surface area contributed by atoms with Crippen LogP contribution >= 0.6 is 0 Å². The molecule has 0 saturated heterocycles. The van der Waals surface area contributed by atoms with Crippen molar-refractivity contribution in [3.8, 4) is 5.88 Å². The molecule has 0 bridgehead atoms. The van der Waals surface area contributed by atoms with E-state index in [2.05, 4.69) is 15.0 Å². The molecule has 66 valence electrons. The van der Waals surface area contributed by atoms with Gasteiger partial charge in [-0.15, -0.1) is 0 Å². The summed E-state index contributed by atoms with van der Waals surface area (Å²) in [5.74, 6) is -0.353. The molecule has 0 aromatic carbocycles. The van der Waals surface area contributed by atoms with E-state index in [4.69, 9.17) is 5.11 Å². The van der Waals surface area contributed by atoms with Gasteiger partial charge in [-0.05, 0) is 0 Å². The lowest BCUT2D eigenvalue weighted by Gasteiger charge is -1.93. The zero-order valence-corrected chi connectivity index (χ0v) is 6.24. The monoisotopic (exact) mass is 180 g/mol. The SMILES string of the molecule is O=c1[nH]c(=O)c2ncc(O)nc2[nH]1. The zero-order valence-electron chi connectivity index (χ0n) is 6.24. The Hall–Kier alpha value is -2.18. The molecular weight excluding hydrogens is 176 g/mol. The lowest BCUT2D eigenvalue weighted by Crippen LogP contribution is -2.23. The van der Waals surface area contributed by atoms with Crippen LogP contribution in [0, 0.1) is 0 Å². The average Bonchev–Trinajstić information content (AvgIpc) is 2.02. The quantitative estimate of drug-likeness (QED) is 0.467. The molecule has 2 heterocycles. The van der Waals surface area contributed by atoms with Gasteiger partial charge >= 0.3 is 5.69 Å². The van der Waals surface area contributed by atoms with Crippen LogP contribution < -0.4 is 11.2 Å². The van der Waals surface area contributed by atoms with Crippen LogP contribution in [0.25, 0.3) is 11.2 Å². The fraction of sp³-hybridized carbons (Fsp3) is 0. The van der Waals surface area contributed by atoms with Crippen LogP contribution in [0.4, 0.5) is 0 Å². The maximum atomic E-state index is 11.1. The van der Waals surface area contributed by atoms with Gasteiger partial charge in [0.2, 0.25) is 5.88 Å². The van der Waals surface area contributed by atoms with Crippen molar-refractivity contribution >= 4 is 11.2 Å². The van der Waals surface area contributed by atoms with Crippen molar-refractivity contribution in [1.82, 2.24) is 19.9 Å². The summed E-state index contributed by atoms with van der Waals surface area (Å²) in [6, 6.07) is 0. The van der Waals surface area contributed by atoms with E-state index in [-0.39, 0.29) is 17.0 Å². The second-order valence-electron chi connectivity index (χ2n) is 2.33. The van der Waals surface area contributed by atoms with E-state index in [1.165, 1.54) is 0 Å². The number of aromatic hydroxyl groups is 1. The van der Waals surface area contributed by atoms with Gasteiger partial charge in [0, 0.05) is 0 Å². The van der Waals surface area contributed by atoms with Gasteiger partial charge in [-0.2, -0.15) is 4.98 Å². The summed E-state index contributed by atoms with van der Waals surface area (Å²) in [7, 11) is 0. The Morgan fingerprint density at radius 3 is 2.85 bits per heavy atom. The van der Waals surface area contributed by atoms with E-state index in [9.17, 15) is 9.59 Å². The summed E-state index contributed by atoms with van der Waals surface area (Å²) in [5, 5.41) is 8.90. The highest BCUT2D eigenvalue weighted by atomic mass is 16.3. The second-order valence-corrected chi connectivity index (χ2v) is 2.33. The van der Waals surface area contributed by atoms with Crippen LogP contribution in [-0.4, -0.2) is 25.0 Å². The fourth-order valence-electron chi connectivity index (χ4n) is 0.934. The first-order chi connectivity index (χ1) is 6.16. The van der Waals surface area contributed by atoms with Crippen LogP contribution in [0.3, 0.4) is 0 Å². The number of aromatic nitrogens is 4. The molecule has 2 aromatic heterocycles. The maximum absolute atomic E-state index is 11.1. The Kier molecular flexibility index (Phi) is 1.38. The summed E-state index contributed by atoms with van der Waals surface area (Å²) < 4.78 is 0. The van der Waals surface area contributed by atoms with Crippen molar-refractivity contribution in [1.29, 1.82) is 0 Å². The zero-order chi connectivity index (χ0) is 9.42. The molecule has 0 amide bonds. The van der Waals surface area contributed by atoms with Gasteiger partial charge in [0.15, 0.2) is 11.2 Å². The predicted octanol–water partition coefficient (Wildman–Crippen LogP) is -1.29. The van der Waals surface area contributed by atoms with Crippen LogP contribution in [-0.2, 0) is 0 Å². The number of hydrogen-bond acceptors (Lipinski definition) is 5. The Morgan fingerprint density at radius 1 is 1.31 bits per heavy atom. The van der Waals surface area contributed by atoms with Gasteiger partial charge in [-0.25, -0.2) is 9.78 Å². The van der Waals surface area contributed by atoms with Crippen molar-refractivity contribution in [3.63, 3.8) is 0 Å². The number of fused-ring (bicyclic) bond motifs is 1. The smallest absolute Gasteiger partial charge is 0.327 e. The fourth-order valence-corrected chi connectivity index (χ4v) is 0.934. The van der Waals surface area contributed by atoms with Crippen LogP contribution in [0.2, 0.25) is 0 Å². The highest BCUT2D eigenvalue weighted by molar-refractivity contribution is 5.67. The summed E-state index contributed by atoms with van der Waals surface area (Å²) in [5.41, 5.74) is -1.37. The normalized spacial score (nSPS) is 10.5. The van der Waals surface area contributed by atoms with Gasteiger partial charge in [0.1, 0.15) is 0 Å². The van der Waals surface area contributed by atoms with Crippen molar-refractivity contribution in [2.24, 2.45) is 0 Å². The highest BCUT2D eigenvalue weighted by Crippen LogP contribution is 2.03. The number of rotatable bonds is 0. The minimum Gasteiger partial charge on any atom is -0.492 e. The van der Waals surface area contributed by atoms with E-state index >= 15 is 0 Å². The first-order valence-corrected chi connectivity index (χ1v) is 3.35. The van der Waals surface area contributed by atoms with E-state index in [1.807, 2.05) is 4.98 Å². The van der Waals surface area contributed by atoms with Gasteiger partial charge in [-0.3, -0.25) is 14.8 Å². The lowest BCUT2D eigenvalue weighted by atomic mass is 10.5. The van der Waals surface area contributed by atoms with Crippen molar-refractivity contribution in [3.05, 3.63) is 27.0 Å². The summed E-state index contributed by atoms with van der Waals surface area (Å²) in [6.45, 7) is 0. The van der Waals surface area contributed by atoms with E-state index in [0.717, 1.165) is 6.20 Å². The number of nitrogens with zero attached hydrogens (tertiary/aromatic N) is 2. The molecule has 7 nitrogen and oxygen atoms in total. The molecule has 0 unspecified atom stereocenters. The predicted molar refractivity (Wildman–Crippen MR) is 42.4 cm³/mol. The van der Waals surface area contributed by atoms with Gasteiger partial charge in [-0.1, -0.05) is 0 Å². The molecule has 0 radical (unpaired) electrons. The Bertz CT molecular complexity index is 570. The van der Waals surface area contributed by atoms with Crippen LogP contribution in [0.15, 0.2) is 15.8 Å². The van der Waals surface area contributed by atoms with Gasteiger partial charge < -0.3 is 5.11 Å². The minimum atomic E-state index is -0.683. The third kappa shape index (κ3) is 1.15. The summed E-state index contributed by atoms with van der Waals surface area (Å²) >= 11 is 0. The average molecular weight is 180 g/mol. The first kappa shape index (κ1) is 7.47. The third-order valence-corrected chi connectivity index (χ3v) is 1.43. The molecule has 7 heteroatoms. The van der Waals surface area contributed by atoms with Gasteiger partial charge in [0.05, 0.1) is 6.20 Å². The molecule has 13 heavy (non-hydrogen) atoms. The topological polar surface area (TPSA) is 112 Å². The molecule has 0 aliphatic rings. The van der Waals surface area contributed by atoms with E-state index < -0.39 is 11.2 Å². The maximum Gasteiger partial charge on any atom is 0.327 e. The molecular formula is C6H4N4O3. The molecule has 0 atom stereocenters. The van der Waals surface area contributed by atoms with Gasteiger partial charge in [0.25, 0.3) is 5.56 Å². The summed E-state index contributed by atoms with van der Waals surface area (Å²) in [6.07, 6.45) is 1.02. The molecule has 0 spiro atoms. The second kappa shape index (κ2) is 2.41. The number of hydrogen-bond donors (Lipinski definition) is 3. The number of aromatic amines is 2. The minimum absolute atomic E-state index is 0.0163. The van der Waals surface area contributed by atoms with Crippen LogP contribution in [0.5, 0.6) is 5.88 Å². The molecule has 2 aromatic rings. The van der Waals surface area contributed by atoms with E-state index in [1.54, 1.807) is 0 Å². The molecule has 0 aliphatic heterocycles. The molecule has 0 saturated carbocycles. The Morgan fingerprint density at radius 2 is 2.08 bits per heavy atom. The van der Waals surface area contributed by atoms with E-state index in [0.29, 0.717) is 0 Å². The standard InChI is InChI=1S/C6H4N4O3/c11-2-1-7-3-4(8-2)9-6(13)10-5(3)12/h1H,(H3,8,9,10,11,12,13).